The summed E-state index contributed by atoms with van der Waals surface area (Å²) in [6.07, 6.45) is 7.06. The molecule has 0 N–H and O–H groups in total. The number of hydrogen-bond acceptors (Lipinski definition) is 3. The first-order chi connectivity index (χ1) is 31.8. The summed E-state index contributed by atoms with van der Waals surface area (Å²) in [5.74, 6) is 0. The molecule has 0 spiro atoms. The molecule has 3 aliphatic carbocycles. The van der Waals surface area contributed by atoms with Crippen LogP contribution in [0.15, 0.2) is 101 Å². The number of hydrogen-bond donors (Lipinski definition) is 0. The van der Waals surface area contributed by atoms with Crippen molar-refractivity contribution in [3.8, 4) is 11.1 Å². The molecule has 5 aliphatic rings. The Kier molecular flexibility index (Phi) is 8.91. The van der Waals surface area contributed by atoms with Gasteiger partial charge < -0.3 is 14.1 Å². The van der Waals surface area contributed by atoms with Crippen molar-refractivity contribution in [2.45, 2.75) is 180 Å². The second-order valence-electron chi connectivity index (χ2n) is 27.0. The maximum atomic E-state index is 7.16. The molecule has 4 heteroatoms. The van der Waals surface area contributed by atoms with Crippen molar-refractivity contribution >= 4 is 68.1 Å². The standard InChI is InChI=1S/C64H73BN2O/c1-58(2,3)38-32-43-55-51(25-22-42-41-18-16-17-19-54(41)68-57(42)55)67(40-21-24-45-47(35-40)62(10,11)29-27-60(45,6)7)65-50-36-48-49(64(14,15)31-30-63(48,12)13)37-52(50)66(53(33-38)56(43)65)39-20-23-44-46(34-39)61(8,9)28-26-59(44,4)5/h16-25,32-37H,26-31H2,1-15H3. The summed E-state index contributed by atoms with van der Waals surface area (Å²) < 4.78 is 7.16. The Labute approximate surface area is 407 Å². The van der Waals surface area contributed by atoms with Gasteiger partial charge in [-0.15, -0.1) is 0 Å². The van der Waals surface area contributed by atoms with Gasteiger partial charge in [0.05, 0.1) is 0 Å². The lowest BCUT2D eigenvalue weighted by atomic mass is 9.42. The van der Waals surface area contributed by atoms with Crippen LogP contribution in [0.2, 0.25) is 0 Å². The molecule has 2 aliphatic heterocycles. The number of para-hydroxylation sites is 1. The van der Waals surface area contributed by atoms with E-state index < -0.39 is 0 Å². The zero-order chi connectivity index (χ0) is 48.0. The minimum absolute atomic E-state index is 0.0324. The number of benzene rings is 6. The van der Waals surface area contributed by atoms with Crippen LogP contribution in [-0.2, 0) is 37.9 Å². The molecule has 0 radical (unpaired) electrons. The third kappa shape index (κ3) is 6.16. The molecule has 0 unspecified atom stereocenters. The van der Waals surface area contributed by atoms with E-state index in [4.69, 9.17) is 4.42 Å². The monoisotopic (exact) mass is 897 g/mol. The first kappa shape index (κ1) is 44.0. The van der Waals surface area contributed by atoms with E-state index in [1.807, 2.05) is 0 Å². The topological polar surface area (TPSA) is 19.6 Å². The normalized spacial score (nSPS) is 20.8. The molecule has 0 bridgehead atoms. The minimum Gasteiger partial charge on any atom is -0.455 e. The molecular formula is C64H73BN2O. The van der Waals surface area contributed by atoms with Gasteiger partial charge in [0.1, 0.15) is 11.2 Å². The predicted molar refractivity (Wildman–Crippen MR) is 292 cm³/mol. The number of fused-ring (bicyclic) bond motifs is 11. The molecular weight excluding hydrogens is 824 g/mol. The Morgan fingerprint density at radius 1 is 0.471 bits per heavy atom. The average molecular weight is 897 g/mol. The average Bonchev–Trinajstić information content (AvgIpc) is 3.66. The molecule has 0 saturated heterocycles. The molecule has 0 fully saturated rings. The van der Waals surface area contributed by atoms with E-state index in [-0.39, 0.29) is 44.8 Å². The van der Waals surface area contributed by atoms with E-state index in [1.54, 1.807) is 0 Å². The number of anilines is 5. The highest BCUT2D eigenvalue weighted by molar-refractivity contribution is 6.93. The molecule has 7 aromatic rings. The predicted octanol–water partition coefficient (Wildman–Crippen LogP) is 16.6. The van der Waals surface area contributed by atoms with Crippen LogP contribution in [0, 0.1) is 0 Å². The van der Waals surface area contributed by atoms with Crippen LogP contribution in [0.1, 0.15) is 181 Å². The van der Waals surface area contributed by atoms with Crippen LogP contribution in [0.3, 0.4) is 0 Å². The van der Waals surface area contributed by atoms with Gasteiger partial charge in [0.25, 0.3) is 0 Å². The Hall–Kier alpha value is -5.22. The van der Waals surface area contributed by atoms with E-state index in [0.29, 0.717) is 0 Å². The third-order valence-electron chi connectivity index (χ3n) is 18.6. The molecule has 0 amide bonds. The molecule has 3 heterocycles. The van der Waals surface area contributed by atoms with Crippen LogP contribution in [0.4, 0.5) is 28.4 Å². The zero-order valence-corrected chi connectivity index (χ0v) is 43.9. The maximum Gasteiger partial charge on any atom is 0.333 e. The van der Waals surface area contributed by atoms with Crippen molar-refractivity contribution < 1.29 is 4.42 Å². The number of nitrogens with zero attached hydrogens (tertiary/aromatic N) is 2. The van der Waals surface area contributed by atoms with Gasteiger partial charge in [0.2, 0.25) is 0 Å². The quantitative estimate of drug-likeness (QED) is 0.161. The van der Waals surface area contributed by atoms with Crippen molar-refractivity contribution in [3.05, 3.63) is 136 Å². The molecule has 3 nitrogen and oxygen atoms in total. The van der Waals surface area contributed by atoms with Crippen LogP contribution in [-0.4, -0.2) is 6.85 Å². The van der Waals surface area contributed by atoms with Crippen LogP contribution < -0.4 is 20.6 Å². The Morgan fingerprint density at radius 3 is 1.57 bits per heavy atom. The Bertz CT molecular complexity index is 3310. The van der Waals surface area contributed by atoms with Crippen molar-refractivity contribution in [1.82, 2.24) is 0 Å². The molecule has 68 heavy (non-hydrogen) atoms. The van der Waals surface area contributed by atoms with Crippen molar-refractivity contribution in [1.29, 1.82) is 0 Å². The Morgan fingerprint density at radius 2 is 0.985 bits per heavy atom. The van der Waals surface area contributed by atoms with Crippen molar-refractivity contribution in [2.75, 3.05) is 9.71 Å². The second kappa shape index (κ2) is 13.8. The first-order valence-corrected chi connectivity index (χ1v) is 26.0. The highest BCUT2D eigenvalue weighted by atomic mass is 16.3. The number of furan rings is 1. The van der Waals surface area contributed by atoms with Gasteiger partial charge in [-0.25, -0.2) is 0 Å². The van der Waals surface area contributed by atoms with Gasteiger partial charge in [-0.3, -0.25) is 0 Å². The molecule has 0 saturated carbocycles. The fourth-order valence-electron chi connectivity index (χ4n) is 13.7. The van der Waals surface area contributed by atoms with Crippen LogP contribution >= 0.6 is 0 Å². The fraction of sp³-hybridized carbons (Fsp3) is 0.438. The van der Waals surface area contributed by atoms with Crippen molar-refractivity contribution in [3.63, 3.8) is 0 Å². The van der Waals surface area contributed by atoms with Crippen LogP contribution in [0.5, 0.6) is 0 Å². The lowest BCUT2D eigenvalue weighted by molar-refractivity contribution is 0.332. The first-order valence-electron chi connectivity index (χ1n) is 26.0. The lowest BCUT2D eigenvalue weighted by Gasteiger charge is -2.49. The highest BCUT2D eigenvalue weighted by Crippen LogP contribution is 2.56. The summed E-state index contributed by atoms with van der Waals surface area (Å²) in [7, 11) is 0. The minimum atomic E-state index is -0.118. The summed E-state index contributed by atoms with van der Waals surface area (Å²) >= 11 is 0. The van der Waals surface area contributed by atoms with Gasteiger partial charge in [-0.1, -0.05) is 146 Å². The largest absolute Gasteiger partial charge is 0.455 e. The van der Waals surface area contributed by atoms with E-state index >= 15 is 0 Å². The molecule has 12 rings (SSSR count). The third-order valence-corrected chi connectivity index (χ3v) is 18.6. The smallest absolute Gasteiger partial charge is 0.333 e. The van der Waals surface area contributed by atoms with E-state index in [0.717, 1.165) is 11.2 Å². The summed E-state index contributed by atoms with van der Waals surface area (Å²) in [5, 5.41) is 2.34. The van der Waals surface area contributed by atoms with E-state index in [9.17, 15) is 0 Å². The molecule has 348 valence electrons. The summed E-state index contributed by atoms with van der Waals surface area (Å²) in [5.41, 5.74) is 24.1. The lowest BCUT2D eigenvalue weighted by Crippen LogP contribution is -2.62. The van der Waals surface area contributed by atoms with Gasteiger partial charge in [-0.05, 0) is 186 Å². The van der Waals surface area contributed by atoms with Gasteiger partial charge in [0.15, 0.2) is 0 Å². The number of rotatable bonds is 2. The molecule has 1 aromatic heterocycles. The van der Waals surface area contributed by atoms with Gasteiger partial charge in [-0.2, -0.15) is 0 Å². The van der Waals surface area contributed by atoms with Crippen LogP contribution in [0.25, 0.3) is 33.1 Å². The van der Waals surface area contributed by atoms with E-state index in [1.165, 1.54) is 139 Å². The fourth-order valence-corrected chi connectivity index (χ4v) is 13.7. The Balaban J connectivity index is 1.25. The SMILES string of the molecule is CC(C)(C)c1cc2c3c(c1)N(c1ccc4c(c1)C(C)(C)CCC4(C)C)c1cc4c(cc1B3N(c1ccc3c(c1)C(C)(C)CCC3(C)C)c1ccc3c(oc5ccccc53)c1-2)C(C)(C)CCC4(C)C. The molecule has 6 aromatic carbocycles. The van der Waals surface area contributed by atoms with E-state index in [2.05, 4.69) is 211 Å². The summed E-state index contributed by atoms with van der Waals surface area (Å²) in [6.45, 7) is 36.7. The van der Waals surface area contributed by atoms with Gasteiger partial charge >= 0.3 is 6.85 Å². The maximum absolute atomic E-state index is 7.16. The van der Waals surface area contributed by atoms with Crippen molar-refractivity contribution in [2.24, 2.45) is 0 Å². The highest BCUT2D eigenvalue weighted by Gasteiger charge is 2.50. The van der Waals surface area contributed by atoms with Gasteiger partial charge in [0, 0.05) is 44.8 Å². The molecule has 0 atom stereocenters. The second-order valence-corrected chi connectivity index (χ2v) is 27.0. The summed E-state index contributed by atoms with van der Waals surface area (Å²) in [6, 6.07) is 39.0. The zero-order valence-electron chi connectivity index (χ0n) is 43.9. The summed E-state index contributed by atoms with van der Waals surface area (Å²) in [4.78, 5) is 5.47.